The van der Waals surface area contributed by atoms with Gasteiger partial charge in [-0.3, -0.25) is 9.21 Å². The molecule has 1 aliphatic heterocycles. The van der Waals surface area contributed by atoms with Crippen LogP contribution in [0.4, 0.5) is 4.79 Å². The van der Waals surface area contributed by atoms with Crippen LogP contribution in [-0.2, 0) is 4.74 Å². The number of halogens is 1. The second-order valence-corrected chi connectivity index (χ2v) is 7.91. The average Bonchev–Trinajstić information content (AvgIpc) is 2.32. The largest absolute Gasteiger partial charge is 0.465 e. The fourth-order valence-electron chi connectivity index (χ4n) is 2.42. The van der Waals surface area contributed by atoms with Crippen molar-refractivity contribution in [2.45, 2.75) is 18.1 Å². The molecule has 2 N–H and O–H groups in total. The molecule has 1 atom stereocenters. The van der Waals surface area contributed by atoms with E-state index in [-0.39, 0.29) is 4.75 Å². The van der Waals surface area contributed by atoms with E-state index in [0.717, 1.165) is 36.6 Å². The topological polar surface area (TPSA) is 58.6 Å². The van der Waals surface area contributed by atoms with Crippen molar-refractivity contribution in [3.05, 3.63) is 22.9 Å². The van der Waals surface area contributed by atoms with E-state index in [4.69, 9.17) is 21.4 Å². The molecule has 2 aliphatic rings. The molecule has 0 aromatic rings. The van der Waals surface area contributed by atoms with Gasteiger partial charge in [0.2, 0.25) is 0 Å². The van der Waals surface area contributed by atoms with Gasteiger partial charge in [-0.15, -0.1) is 0 Å². The first-order valence-electron chi connectivity index (χ1n) is 6.54. The molecule has 0 radical (unpaired) electrons. The number of nitrogens with zero attached hydrogens (tertiary/aromatic N) is 1. The van der Waals surface area contributed by atoms with Gasteiger partial charge in [0.15, 0.2) is 0 Å². The zero-order valence-electron chi connectivity index (χ0n) is 11.7. The lowest BCUT2D eigenvalue weighted by Gasteiger charge is -2.40. The minimum absolute atomic E-state index is 0.132. The van der Waals surface area contributed by atoms with Crippen LogP contribution >= 0.6 is 23.5 Å². The predicted octanol–water partition coefficient (Wildman–Crippen LogP) is 2.55. The third kappa shape index (κ3) is 3.91. The highest BCUT2D eigenvalue weighted by molar-refractivity contribution is 7.95. The van der Waals surface area contributed by atoms with Crippen molar-refractivity contribution in [3.8, 4) is 0 Å². The third-order valence-corrected chi connectivity index (χ3v) is 5.31. The van der Waals surface area contributed by atoms with Gasteiger partial charge in [0.1, 0.15) is 13.1 Å². The van der Waals surface area contributed by atoms with Crippen molar-refractivity contribution in [2.75, 3.05) is 33.4 Å². The molecule has 1 aliphatic carbocycles. The maximum Gasteiger partial charge on any atom is 0.409 e. The molecule has 112 valence electrons. The molecule has 0 aromatic heterocycles. The van der Waals surface area contributed by atoms with Gasteiger partial charge in [-0.1, -0.05) is 17.7 Å². The smallest absolute Gasteiger partial charge is 0.409 e. The van der Waals surface area contributed by atoms with Crippen molar-refractivity contribution in [1.82, 2.24) is 5.32 Å². The van der Waals surface area contributed by atoms with Crippen LogP contribution in [0.2, 0.25) is 0 Å². The summed E-state index contributed by atoms with van der Waals surface area (Å²) in [4.78, 5) is 10.7. The van der Waals surface area contributed by atoms with E-state index in [1.807, 2.05) is 24.1 Å². The number of quaternary nitrogens is 1. The molecule has 0 saturated carbocycles. The summed E-state index contributed by atoms with van der Waals surface area (Å²) in [5, 5.41) is 11.5. The van der Waals surface area contributed by atoms with E-state index in [9.17, 15) is 4.79 Å². The van der Waals surface area contributed by atoms with E-state index in [1.165, 1.54) is 0 Å². The van der Waals surface area contributed by atoms with E-state index < -0.39 is 6.09 Å². The van der Waals surface area contributed by atoms with Crippen molar-refractivity contribution in [1.29, 1.82) is 0 Å². The number of likely N-dealkylation sites (N-methyl/N-ethyl adjacent to an activating group) is 1. The van der Waals surface area contributed by atoms with Gasteiger partial charge in [-0.05, 0) is 19.4 Å². The normalized spacial score (nSPS) is 29.4. The number of rotatable bonds is 3. The summed E-state index contributed by atoms with van der Waals surface area (Å²) in [5.41, 5.74) is 0.474. The van der Waals surface area contributed by atoms with Crippen LogP contribution in [0.3, 0.4) is 0 Å². The first-order chi connectivity index (χ1) is 9.32. The summed E-state index contributed by atoms with van der Waals surface area (Å²) >= 11 is 8.04. The summed E-state index contributed by atoms with van der Waals surface area (Å²) in [5.74, 6) is 0. The summed E-state index contributed by atoms with van der Waals surface area (Å²) in [7, 11) is 2.20. The van der Waals surface area contributed by atoms with E-state index in [2.05, 4.69) is 19.3 Å². The SMILES string of the molecule is CC1(S[N+]2(C)CCOCC2)C=C(Cl)C(NC(=O)O)=CC1. The molecule has 2 rings (SSSR count). The molecule has 1 unspecified atom stereocenters. The fraction of sp³-hybridized carbons (Fsp3) is 0.615. The molecule has 5 nitrogen and oxygen atoms in total. The van der Waals surface area contributed by atoms with Gasteiger partial charge < -0.3 is 9.84 Å². The first kappa shape index (κ1) is 15.7. The summed E-state index contributed by atoms with van der Waals surface area (Å²) in [6.07, 6.45) is 3.46. The van der Waals surface area contributed by atoms with Gasteiger partial charge in [0, 0.05) is 0 Å². The van der Waals surface area contributed by atoms with Crippen LogP contribution < -0.4 is 5.32 Å². The third-order valence-electron chi connectivity index (χ3n) is 3.49. The number of ether oxygens (including phenoxy) is 1. The fourth-order valence-corrected chi connectivity index (χ4v) is 4.52. The standard InChI is InChI=1S/C13H19ClN2O3S/c1-13(20-16(2)5-7-19-8-6-16)4-3-11(10(14)9-13)15-12(17)18/h3,9,15H,4-8H2,1-2H3/p+1. The molecule has 1 fully saturated rings. The van der Waals surface area contributed by atoms with Crippen LogP contribution in [0.15, 0.2) is 22.9 Å². The van der Waals surface area contributed by atoms with E-state index in [1.54, 1.807) is 0 Å². The van der Waals surface area contributed by atoms with Gasteiger partial charge >= 0.3 is 6.09 Å². The van der Waals surface area contributed by atoms with Gasteiger partial charge in [-0.2, -0.15) is 0 Å². The Kier molecular flexibility index (Phi) is 4.69. The zero-order valence-corrected chi connectivity index (χ0v) is 13.3. The highest BCUT2D eigenvalue weighted by Crippen LogP contribution is 2.42. The highest BCUT2D eigenvalue weighted by atomic mass is 35.5. The monoisotopic (exact) mass is 319 g/mol. The second-order valence-electron chi connectivity index (χ2n) is 5.50. The Morgan fingerprint density at radius 1 is 1.55 bits per heavy atom. The Hall–Kier alpha value is -0.690. The number of carbonyl (C=O) groups is 1. The van der Waals surface area contributed by atoms with Crippen molar-refractivity contribution < 1.29 is 18.5 Å². The molecular formula is C13H20ClN2O3S+. The van der Waals surface area contributed by atoms with E-state index in [0.29, 0.717) is 10.7 Å². The number of hydrogen-bond donors (Lipinski definition) is 2. The lowest BCUT2D eigenvalue weighted by atomic mass is 10.0. The van der Waals surface area contributed by atoms with Crippen LogP contribution in [0.5, 0.6) is 0 Å². The molecule has 0 spiro atoms. The minimum atomic E-state index is -1.09. The lowest BCUT2D eigenvalue weighted by molar-refractivity contribution is -0.785. The number of morpholine rings is 1. The molecule has 1 heterocycles. The van der Waals surface area contributed by atoms with Crippen LogP contribution in [0, 0.1) is 0 Å². The van der Waals surface area contributed by atoms with Crippen LogP contribution in [0.25, 0.3) is 0 Å². The molecule has 1 saturated heterocycles. The number of carboxylic acid groups (broad SMARTS) is 1. The molecule has 0 aromatic carbocycles. The van der Waals surface area contributed by atoms with Gasteiger partial charge in [-0.25, -0.2) is 4.79 Å². The summed E-state index contributed by atoms with van der Waals surface area (Å²) < 4.78 is 6.16. The maximum atomic E-state index is 10.7. The average molecular weight is 320 g/mol. The van der Waals surface area contributed by atoms with Crippen molar-refractivity contribution in [2.24, 2.45) is 0 Å². The first-order valence-corrected chi connectivity index (χ1v) is 7.69. The van der Waals surface area contributed by atoms with Crippen molar-refractivity contribution in [3.63, 3.8) is 0 Å². The number of nitrogens with one attached hydrogen (secondary N) is 1. The number of amides is 1. The molecule has 7 heteroatoms. The second kappa shape index (κ2) is 5.97. The van der Waals surface area contributed by atoms with Crippen LogP contribution in [0.1, 0.15) is 13.3 Å². The quantitative estimate of drug-likeness (QED) is 0.620. The predicted molar refractivity (Wildman–Crippen MR) is 80.5 cm³/mol. The Morgan fingerprint density at radius 3 is 2.75 bits per heavy atom. The minimum Gasteiger partial charge on any atom is -0.465 e. The highest BCUT2D eigenvalue weighted by Gasteiger charge is 2.39. The number of allylic oxidation sites excluding steroid dienone is 2. The number of hydrogen-bond acceptors (Lipinski definition) is 3. The summed E-state index contributed by atoms with van der Waals surface area (Å²) in [6, 6.07) is 0. The Morgan fingerprint density at radius 2 is 2.20 bits per heavy atom. The van der Waals surface area contributed by atoms with Gasteiger partial charge in [0.25, 0.3) is 0 Å². The molecule has 0 bridgehead atoms. The summed E-state index contributed by atoms with van der Waals surface area (Å²) in [6.45, 7) is 5.62. The molecule has 1 amide bonds. The molecular weight excluding hydrogens is 300 g/mol. The van der Waals surface area contributed by atoms with E-state index >= 15 is 0 Å². The Balaban J connectivity index is 2.06. The van der Waals surface area contributed by atoms with Crippen LogP contribution in [-0.4, -0.2) is 53.2 Å². The zero-order chi connectivity index (χ0) is 14.8. The lowest BCUT2D eigenvalue weighted by Crippen LogP contribution is -2.49. The van der Waals surface area contributed by atoms with Gasteiger partial charge in [0.05, 0.1) is 47.7 Å². The van der Waals surface area contributed by atoms with Crippen molar-refractivity contribution >= 4 is 29.6 Å². The Labute approximate surface area is 128 Å². The Bertz CT molecular complexity index is 461. The molecule has 20 heavy (non-hydrogen) atoms. The maximum absolute atomic E-state index is 10.7.